The van der Waals surface area contributed by atoms with E-state index in [0.717, 1.165) is 6.20 Å². The third-order valence-corrected chi connectivity index (χ3v) is 3.54. The van der Waals surface area contributed by atoms with E-state index in [1.807, 2.05) is 34.6 Å². The minimum Gasteiger partial charge on any atom is -0.488 e. The van der Waals surface area contributed by atoms with Crippen LogP contribution in [0.25, 0.3) is 0 Å². The summed E-state index contributed by atoms with van der Waals surface area (Å²) >= 11 is 0. The first-order valence-corrected chi connectivity index (χ1v) is 8.96. The Morgan fingerprint density at radius 1 is 1.14 bits per heavy atom. The van der Waals surface area contributed by atoms with E-state index in [1.165, 1.54) is 11.9 Å². The van der Waals surface area contributed by atoms with Crippen molar-refractivity contribution in [1.29, 1.82) is 0 Å². The minimum absolute atomic E-state index is 0.0920. The van der Waals surface area contributed by atoms with Crippen LogP contribution in [0.1, 0.15) is 40.2 Å². The van der Waals surface area contributed by atoms with Crippen LogP contribution in [0.5, 0.6) is 11.8 Å². The molecule has 0 aliphatic heterocycles. The van der Waals surface area contributed by atoms with Crippen LogP contribution in [0.2, 0.25) is 0 Å². The SMILES string of the molecule is CC(C)COc1ncc(C(F)(F)F)c(N(C)c2cccc(OC(C)(C)C)c2)n1. The van der Waals surface area contributed by atoms with E-state index in [-0.39, 0.29) is 17.7 Å². The second kappa shape index (κ2) is 8.24. The summed E-state index contributed by atoms with van der Waals surface area (Å²) in [5.41, 5.74) is -0.865. The quantitative estimate of drug-likeness (QED) is 0.646. The number of aromatic nitrogens is 2. The first-order valence-electron chi connectivity index (χ1n) is 8.96. The number of hydrogen-bond acceptors (Lipinski definition) is 5. The van der Waals surface area contributed by atoms with Crippen LogP contribution in [0, 0.1) is 5.92 Å². The zero-order valence-corrected chi connectivity index (χ0v) is 17.0. The van der Waals surface area contributed by atoms with Crippen molar-refractivity contribution in [3.05, 3.63) is 36.0 Å². The zero-order valence-electron chi connectivity index (χ0n) is 17.0. The summed E-state index contributed by atoms with van der Waals surface area (Å²) < 4.78 is 51.7. The molecule has 0 N–H and O–H groups in total. The highest BCUT2D eigenvalue weighted by molar-refractivity contribution is 5.64. The van der Waals surface area contributed by atoms with Gasteiger partial charge >= 0.3 is 12.2 Å². The van der Waals surface area contributed by atoms with Crippen molar-refractivity contribution < 1.29 is 22.6 Å². The van der Waals surface area contributed by atoms with Gasteiger partial charge in [0.05, 0.1) is 6.61 Å². The molecule has 0 atom stereocenters. The zero-order chi connectivity index (χ0) is 21.1. The highest BCUT2D eigenvalue weighted by Gasteiger charge is 2.37. The second-order valence-corrected chi connectivity index (χ2v) is 7.86. The lowest BCUT2D eigenvalue weighted by Gasteiger charge is -2.25. The Labute approximate surface area is 163 Å². The molecule has 0 aliphatic carbocycles. The maximum atomic E-state index is 13.5. The summed E-state index contributed by atoms with van der Waals surface area (Å²) in [4.78, 5) is 9.09. The molecule has 8 heteroatoms. The number of anilines is 2. The average Bonchev–Trinajstić information content (AvgIpc) is 2.57. The van der Waals surface area contributed by atoms with Crippen LogP contribution < -0.4 is 14.4 Å². The van der Waals surface area contributed by atoms with Crippen LogP contribution in [0.15, 0.2) is 30.5 Å². The number of hydrogen-bond donors (Lipinski definition) is 0. The van der Waals surface area contributed by atoms with Crippen LogP contribution in [-0.2, 0) is 6.18 Å². The maximum absolute atomic E-state index is 13.5. The molecule has 2 aromatic rings. The van der Waals surface area contributed by atoms with Crippen molar-refractivity contribution in [2.75, 3.05) is 18.6 Å². The van der Waals surface area contributed by atoms with Gasteiger partial charge in [0.15, 0.2) is 5.82 Å². The predicted molar refractivity (Wildman–Crippen MR) is 102 cm³/mol. The van der Waals surface area contributed by atoms with E-state index in [1.54, 1.807) is 24.3 Å². The second-order valence-electron chi connectivity index (χ2n) is 7.86. The monoisotopic (exact) mass is 397 g/mol. The molecule has 0 saturated heterocycles. The summed E-state index contributed by atoms with van der Waals surface area (Å²) in [7, 11) is 1.51. The lowest BCUT2D eigenvalue weighted by Crippen LogP contribution is -2.23. The Hall–Kier alpha value is -2.51. The number of rotatable bonds is 6. The number of alkyl halides is 3. The maximum Gasteiger partial charge on any atom is 0.421 e. The summed E-state index contributed by atoms with van der Waals surface area (Å²) in [6, 6.07) is 6.74. The van der Waals surface area contributed by atoms with Gasteiger partial charge in [0.1, 0.15) is 16.9 Å². The van der Waals surface area contributed by atoms with E-state index >= 15 is 0 Å². The van der Waals surface area contributed by atoms with Crippen molar-refractivity contribution in [2.24, 2.45) is 5.92 Å². The van der Waals surface area contributed by atoms with Crippen LogP contribution >= 0.6 is 0 Å². The fraction of sp³-hybridized carbons (Fsp3) is 0.500. The standard InChI is InChI=1S/C20H26F3N3O2/c1-13(2)12-27-18-24-11-16(20(21,22)23)17(25-18)26(6)14-8-7-9-15(10-14)28-19(3,4)5/h7-11,13H,12H2,1-6H3. The van der Waals surface area contributed by atoms with Gasteiger partial charge in [-0.15, -0.1) is 0 Å². The smallest absolute Gasteiger partial charge is 0.421 e. The Bertz CT molecular complexity index is 802. The average molecular weight is 397 g/mol. The molecule has 0 radical (unpaired) electrons. The predicted octanol–water partition coefficient (Wildman–Crippen LogP) is 5.48. The van der Waals surface area contributed by atoms with E-state index < -0.39 is 17.3 Å². The van der Waals surface area contributed by atoms with Crippen molar-refractivity contribution >= 4 is 11.5 Å². The summed E-state index contributed by atoms with van der Waals surface area (Å²) in [6.45, 7) is 9.86. The van der Waals surface area contributed by atoms with E-state index in [4.69, 9.17) is 9.47 Å². The Morgan fingerprint density at radius 3 is 2.39 bits per heavy atom. The van der Waals surface area contributed by atoms with Crippen LogP contribution in [0.4, 0.5) is 24.7 Å². The minimum atomic E-state index is -4.60. The first kappa shape index (κ1) is 21.8. The van der Waals surface area contributed by atoms with Gasteiger partial charge in [-0.3, -0.25) is 0 Å². The number of benzene rings is 1. The van der Waals surface area contributed by atoms with E-state index in [2.05, 4.69) is 9.97 Å². The fourth-order valence-electron chi connectivity index (χ4n) is 2.36. The van der Waals surface area contributed by atoms with Gasteiger partial charge in [0.2, 0.25) is 0 Å². The molecule has 0 bridgehead atoms. The lowest BCUT2D eigenvalue weighted by molar-refractivity contribution is -0.137. The third-order valence-electron chi connectivity index (χ3n) is 3.54. The molecule has 0 fully saturated rings. The Balaban J connectivity index is 2.43. The molecule has 28 heavy (non-hydrogen) atoms. The normalized spacial score (nSPS) is 12.2. The molecule has 154 valence electrons. The highest BCUT2D eigenvalue weighted by Crippen LogP contribution is 2.38. The molecule has 1 heterocycles. The van der Waals surface area contributed by atoms with Crippen molar-refractivity contribution in [2.45, 2.75) is 46.4 Å². The first-order chi connectivity index (χ1) is 12.9. The number of nitrogens with zero attached hydrogens (tertiary/aromatic N) is 3. The third kappa shape index (κ3) is 6.00. The molecule has 0 unspecified atom stereocenters. The van der Waals surface area contributed by atoms with Crippen molar-refractivity contribution in [3.8, 4) is 11.8 Å². The molecular weight excluding hydrogens is 371 g/mol. The van der Waals surface area contributed by atoms with Gasteiger partial charge in [-0.05, 0) is 38.8 Å². The van der Waals surface area contributed by atoms with Crippen molar-refractivity contribution in [1.82, 2.24) is 9.97 Å². The molecule has 5 nitrogen and oxygen atoms in total. The van der Waals surface area contributed by atoms with E-state index in [0.29, 0.717) is 18.0 Å². The number of halogens is 3. The largest absolute Gasteiger partial charge is 0.488 e. The van der Waals surface area contributed by atoms with Gasteiger partial charge in [0, 0.05) is 25.0 Å². The van der Waals surface area contributed by atoms with Crippen LogP contribution in [-0.4, -0.2) is 29.2 Å². The van der Waals surface area contributed by atoms with Gasteiger partial charge in [-0.25, -0.2) is 4.98 Å². The van der Waals surface area contributed by atoms with Gasteiger partial charge in [-0.1, -0.05) is 19.9 Å². The van der Waals surface area contributed by atoms with Crippen LogP contribution in [0.3, 0.4) is 0 Å². The van der Waals surface area contributed by atoms with Gasteiger partial charge in [-0.2, -0.15) is 18.2 Å². The molecule has 0 spiro atoms. The number of ether oxygens (including phenoxy) is 2. The lowest BCUT2D eigenvalue weighted by atomic mass is 10.2. The molecule has 2 rings (SSSR count). The van der Waals surface area contributed by atoms with Gasteiger partial charge < -0.3 is 14.4 Å². The van der Waals surface area contributed by atoms with E-state index in [9.17, 15) is 13.2 Å². The highest BCUT2D eigenvalue weighted by atomic mass is 19.4. The Kier molecular flexibility index (Phi) is 6.41. The summed E-state index contributed by atoms with van der Waals surface area (Å²) in [6.07, 6.45) is -3.84. The molecule has 0 amide bonds. The van der Waals surface area contributed by atoms with Crippen molar-refractivity contribution in [3.63, 3.8) is 0 Å². The molecular formula is C20H26F3N3O2. The topological polar surface area (TPSA) is 47.5 Å². The molecule has 1 aromatic carbocycles. The van der Waals surface area contributed by atoms with Gasteiger partial charge in [0.25, 0.3) is 0 Å². The molecule has 0 aliphatic rings. The Morgan fingerprint density at radius 2 is 1.82 bits per heavy atom. The molecule has 0 saturated carbocycles. The fourth-order valence-corrected chi connectivity index (χ4v) is 2.36. The summed E-state index contributed by atoms with van der Waals surface area (Å²) in [5.74, 6) is 0.461. The molecule has 1 aromatic heterocycles. The summed E-state index contributed by atoms with van der Waals surface area (Å²) in [5, 5.41) is 0.